The first-order chi connectivity index (χ1) is 14.6. The Morgan fingerprint density at radius 1 is 0.733 bits per heavy atom. The smallest absolute Gasteiger partial charge is 0.351 e. The molecule has 1 N–H and O–H groups in total. The lowest BCUT2D eigenvalue weighted by Crippen LogP contribution is -2.28. The van der Waals surface area contributed by atoms with Crippen molar-refractivity contribution in [2.24, 2.45) is 0 Å². The van der Waals surface area contributed by atoms with Crippen LogP contribution in [0.2, 0.25) is 0 Å². The van der Waals surface area contributed by atoms with E-state index >= 15 is 0 Å². The lowest BCUT2D eigenvalue weighted by Gasteiger charge is -2.22. The number of anilines is 1. The maximum Gasteiger partial charge on any atom is 0.351 e. The molecule has 0 saturated carbocycles. The van der Waals surface area contributed by atoms with Crippen molar-refractivity contribution in [2.45, 2.75) is 12.1 Å². The predicted octanol–water partition coefficient (Wildman–Crippen LogP) is 4.31. The van der Waals surface area contributed by atoms with Gasteiger partial charge in [0, 0.05) is 11.3 Å². The first-order valence-electron chi connectivity index (χ1n) is 9.41. The highest BCUT2D eigenvalue weighted by atomic mass is 16.6. The van der Waals surface area contributed by atoms with Gasteiger partial charge in [0.15, 0.2) is 6.04 Å². The van der Waals surface area contributed by atoms with Crippen LogP contribution in [-0.4, -0.2) is 26.2 Å². The molecule has 0 amide bonds. The molecule has 0 bridgehead atoms. The van der Waals surface area contributed by atoms with Gasteiger partial charge in [0.2, 0.25) is 6.10 Å². The zero-order valence-corrected chi connectivity index (χ0v) is 16.8. The zero-order valence-electron chi connectivity index (χ0n) is 16.8. The number of hydrogen-bond donors (Lipinski definition) is 1. The number of nitrogens with one attached hydrogen (secondary N) is 1. The number of benzene rings is 3. The second-order valence-corrected chi connectivity index (χ2v) is 6.47. The van der Waals surface area contributed by atoms with Crippen LogP contribution in [0.25, 0.3) is 0 Å². The van der Waals surface area contributed by atoms with Crippen LogP contribution < -0.4 is 10.1 Å². The fourth-order valence-corrected chi connectivity index (χ4v) is 2.95. The molecule has 0 fully saturated rings. The van der Waals surface area contributed by atoms with Crippen molar-refractivity contribution in [3.8, 4) is 5.75 Å². The maximum absolute atomic E-state index is 13.2. The summed E-state index contributed by atoms with van der Waals surface area (Å²) in [5, 5.41) is 3.18. The number of hydrogen-bond acceptors (Lipinski definition) is 6. The number of esters is 2. The zero-order chi connectivity index (χ0) is 21.3. The Balaban J connectivity index is 1.87. The lowest BCUT2D eigenvalue weighted by molar-refractivity contribution is -0.167. The molecule has 0 heterocycles. The van der Waals surface area contributed by atoms with Crippen molar-refractivity contribution < 1.29 is 23.8 Å². The number of methoxy groups -OCH3 is 2. The third-order valence-corrected chi connectivity index (χ3v) is 4.52. The highest BCUT2D eigenvalue weighted by Crippen LogP contribution is 2.27. The summed E-state index contributed by atoms with van der Waals surface area (Å²) in [4.78, 5) is 25.5. The third-order valence-electron chi connectivity index (χ3n) is 4.52. The van der Waals surface area contributed by atoms with Crippen LogP contribution >= 0.6 is 0 Å². The summed E-state index contributed by atoms with van der Waals surface area (Å²) >= 11 is 0. The van der Waals surface area contributed by atoms with Crippen molar-refractivity contribution in [2.75, 3.05) is 19.5 Å². The van der Waals surface area contributed by atoms with Gasteiger partial charge in [-0.05, 0) is 29.8 Å². The molecule has 0 radical (unpaired) electrons. The van der Waals surface area contributed by atoms with Crippen LogP contribution in [0, 0.1) is 0 Å². The number of carbonyl (C=O) groups is 2. The minimum Gasteiger partial charge on any atom is -0.497 e. The molecule has 3 rings (SSSR count). The Morgan fingerprint density at radius 3 is 1.83 bits per heavy atom. The van der Waals surface area contributed by atoms with Crippen molar-refractivity contribution in [1.82, 2.24) is 0 Å². The average molecular weight is 405 g/mol. The first kappa shape index (κ1) is 20.9. The summed E-state index contributed by atoms with van der Waals surface area (Å²) in [6.07, 6.45) is -1.16. The van der Waals surface area contributed by atoms with Crippen molar-refractivity contribution in [3.05, 3.63) is 96.1 Å². The summed E-state index contributed by atoms with van der Waals surface area (Å²) in [5.74, 6) is -0.545. The second-order valence-electron chi connectivity index (χ2n) is 6.47. The molecule has 0 spiro atoms. The van der Waals surface area contributed by atoms with E-state index in [1.54, 1.807) is 55.6 Å². The summed E-state index contributed by atoms with van der Waals surface area (Å²) in [6, 6.07) is 24.3. The van der Waals surface area contributed by atoms with Gasteiger partial charge in [0.05, 0.1) is 14.2 Å². The van der Waals surface area contributed by atoms with E-state index in [0.29, 0.717) is 22.6 Å². The fourth-order valence-electron chi connectivity index (χ4n) is 2.95. The van der Waals surface area contributed by atoms with Crippen molar-refractivity contribution >= 4 is 17.6 Å². The van der Waals surface area contributed by atoms with Gasteiger partial charge < -0.3 is 19.5 Å². The van der Waals surface area contributed by atoms with Crippen LogP contribution in [0.4, 0.5) is 5.69 Å². The van der Waals surface area contributed by atoms with E-state index < -0.39 is 24.1 Å². The van der Waals surface area contributed by atoms with E-state index in [4.69, 9.17) is 14.2 Å². The Kier molecular flexibility index (Phi) is 7.05. The molecule has 3 aromatic rings. The number of rotatable bonds is 8. The summed E-state index contributed by atoms with van der Waals surface area (Å²) < 4.78 is 15.6. The predicted molar refractivity (Wildman–Crippen MR) is 113 cm³/mol. The van der Waals surface area contributed by atoms with E-state index in [1.165, 1.54) is 7.11 Å². The molecule has 154 valence electrons. The second kappa shape index (κ2) is 10.1. The molecular formula is C24H23NO5. The Hall–Kier alpha value is -3.80. The normalized spacial score (nSPS) is 12.3. The quantitative estimate of drug-likeness (QED) is 0.563. The highest BCUT2D eigenvalue weighted by Gasteiger charge is 2.30. The molecule has 2 atom stereocenters. The number of ether oxygens (including phenoxy) is 3. The van der Waals surface area contributed by atoms with Crippen LogP contribution in [0.3, 0.4) is 0 Å². The van der Waals surface area contributed by atoms with E-state index in [2.05, 4.69) is 5.32 Å². The SMILES string of the molecule is COC(=O)[C@@H](OC(=O)[C@H](Nc1ccc(OC)cc1)c1ccccc1)c1ccccc1. The third kappa shape index (κ3) is 5.17. The molecule has 0 saturated heterocycles. The van der Waals surface area contributed by atoms with Gasteiger partial charge >= 0.3 is 11.9 Å². The molecule has 0 unspecified atom stereocenters. The Labute approximate surface area is 175 Å². The van der Waals surface area contributed by atoms with Gasteiger partial charge in [-0.25, -0.2) is 9.59 Å². The van der Waals surface area contributed by atoms with Crippen molar-refractivity contribution in [1.29, 1.82) is 0 Å². The molecule has 0 aliphatic carbocycles. The average Bonchev–Trinajstić information content (AvgIpc) is 2.81. The van der Waals surface area contributed by atoms with Crippen LogP contribution in [0.5, 0.6) is 5.75 Å². The molecular weight excluding hydrogens is 382 g/mol. The summed E-state index contributed by atoms with van der Waals surface area (Å²) in [5.41, 5.74) is 1.94. The van der Waals surface area contributed by atoms with E-state index in [0.717, 1.165) is 0 Å². The summed E-state index contributed by atoms with van der Waals surface area (Å²) in [6.45, 7) is 0. The monoisotopic (exact) mass is 405 g/mol. The van der Waals surface area contributed by atoms with Gasteiger partial charge in [0.1, 0.15) is 5.75 Å². The number of carbonyl (C=O) groups excluding carboxylic acids is 2. The highest BCUT2D eigenvalue weighted by molar-refractivity contribution is 5.85. The largest absolute Gasteiger partial charge is 0.497 e. The maximum atomic E-state index is 13.2. The minimum atomic E-state index is -1.16. The van der Waals surface area contributed by atoms with E-state index in [-0.39, 0.29) is 0 Å². The minimum absolute atomic E-state index is 0.536. The first-order valence-corrected chi connectivity index (χ1v) is 9.41. The van der Waals surface area contributed by atoms with Gasteiger partial charge in [0.25, 0.3) is 0 Å². The molecule has 0 aliphatic heterocycles. The lowest BCUT2D eigenvalue weighted by atomic mass is 10.1. The molecule has 6 heteroatoms. The molecule has 3 aromatic carbocycles. The van der Waals surface area contributed by atoms with Gasteiger partial charge in [-0.1, -0.05) is 60.7 Å². The molecule has 6 nitrogen and oxygen atoms in total. The van der Waals surface area contributed by atoms with Gasteiger partial charge in [-0.3, -0.25) is 0 Å². The molecule has 30 heavy (non-hydrogen) atoms. The van der Waals surface area contributed by atoms with Crippen molar-refractivity contribution in [3.63, 3.8) is 0 Å². The van der Waals surface area contributed by atoms with Gasteiger partial charge in [-0.2, -0.15) is 0 Å². The van der Waals surface area contributed by atoms with Crippen LogP contribution in [0.1, 0.15) is 23.3 Å². The molecule has 0 aromatic heterocycles. The van der Waals surface area contributed by atoms with E-state index in [9.17, 15) is 9.59 Å². The topological polar surface area (TPSA) is 73.9 Å². The Morgan fingerprint density at radius 2 is 1.30 bits per heavy atom. The molecule has 0 aliphatic rings. The van der Waals surface area contributed by atoms with Crippen LogP contribution in [0.15, 0.2) is 84.9 Å². The standard InChI is InChI=1S/C24H23NO5/c1-28-20-15-13-19(14-16-20)25-21(17-9-5-3-6-10-17)23(26)30-22(24(27)29-2)18-11-7-4-8-12-18/h3-16,21-22,25H,1-2H3/t21-,22+/m1/s1. The van der Waals surface area contributed by atoms with Crippen LogP contribution in [-0.2, 0) is 19.1 Å². The Bertz CT molecular complexity index is 958. The fraction of sp³-hybridized carbons (Fsp3) is 0.167. The summed E-state index contributed by atoms with van der Waals surface area (Å²) in [7, 11) is 2.85. The van der Waals surface area contributed by atoms with Gasteiger partial charge in [-0.15, -0.1) is 0 Å². The van der Waals surface area contributed by atoms with E-state index in [1.807, 2.05) is 36.4 Å².